The molecule has 0 spiro atoms. The summed E-state index contributed by atoms with van der Waals surface area (Å²) in [4.78, 5) is 50.3. The molecule has 14 nitrogen and oxygen atoms in total. The minimum atomic E-state index is -3.74. The third kappa shape index (κ3) is 6.30. The highest BCUT2D eigenvalue weighted by atomic mass is 32.2. The van der Waals surface area contributed by atoms with Gasteiger partial charge in [-0.3, -0.25) is 9.29 Å². The molecule has 1 saturated heterocycles. The van der Waals surface area contributed by atoms with E-state index in [1.807, 2.05) is 6.07 Å². The molecule has 1 fully saturated rings. The number of aromatic nitrogens is 4. The Kier molecular flexibility index (Phi) is 8.38. The van der Waals surface area contributed by atoms with E-state index in [0.717, 1.165) is 23.0 Å². The van der Waals surface area contributed by atoms with Crippen LogP contribution in [0.5, 0.6) is 0 Å². The van der Waals surface area contributed by atoms with Gasteiger partial charge in [-0.2, -0.15) is 9.97 Å². The number of carbonyl (C=O) groups is 2. The van der Waals surface area contributed by atoms with Crippen LogP contribution in [0.4, 0.5) is 21.4 Å². The summed E-state index contributed by atoms with van der Waals surface area (Å²) >= 11 is 0. The lowest BCUT2D eigenvalue weighted by Gasteiger charge is -2.19. The lowest BCUT2D eigenvalue weighted by molar-refractivity contribution is 0.103. The van der Waals surface area contributed by atoms with Gasteiger partial charge in [-0.05, 0) is 24.8 Å². The molecule has 1 aliphatic rings. The number of hydrogen-bond acceptors (Lipinski definition) is 9. The molecular formula is C24H32N8O6S. The summed E-state index contributed by atoms with van der Waals surface area (Å²) in [5.74, 6) is -0.708. The van der Waals surface area contributed by atoms with Gasteiger partial charge < -0.3 is 20.3 Å². The Balaban J connectivity index is 1.67. The number of nitrogen functional groups attached to an aromatic ring is 1. The number of nitrogens with one attached hydrogen (secondary N) is 1. The topological polar surface area (TPSA) is 175 Å². The number of fused-ring (bicyclic) bond motifs is 1. The van der Waals surface area contributed by atoms with Crippen LogP contribution in [0.3, 0.4) is 0 Å². The summed E-state index contributed by atoms with van der Waals surface area (Å²) < 4.78 is 34.3. The molecule has 4 rings (SSSR count). The van der Waals surface area contributed by atoms with E-state index in [9.17, 15) is 22.8 Å². The predicted molar refractivity (Wildman–Crippen MR) is 145 cm³/mol. The minimum Gasteiger partial charge on any atom is -0.448 e. The van der Waals surface area contributed by atoms with Crippen molar-refractivity contribution in [1.82, 2.24) is 28.9 Å². The van der Waals surface area contributed by atoms with Crippen molar-refractivity contribution in [2.45, 2.75) is 32.7 Å². The summed E-state index contributed by atoms with van der Waals surface area (Å²) in [5.41, 5.74) is 6.13. The molecule has 1 aromatic carbocycles. The summed E-state index contributed by atoms with van der Waals surface area (Å²) in [6.45, 7) is 2.99. The number of amides is 2. The van der Waals surface area contributed by atoms with Crippen molar-refractivity contribution >= 4 is 45.1 Å². The van der Waals surface area contributed by atoms with Gasteiger partial charge in [0.05, 0.1) is 18.8 Å². The normalized spacial score (nSPS) is 13.5. The largest absolute Gasteiger partial charge is 0.448 e. The monoisotopic (exact) mass is 560 g/mol. The van der Waals surface area contributed by atoms with Crippen LogP contribution >= 0.6 is 0 Å². The van der Waals surface area contributed by atoms with Gasteiger partial charge in [-0.25, -0.2) is 27.4 Å². The molecule has 3 aromatic rings. The van der Waals surface area contributed by atoms with E-state index in [2.05, 4.69) is 14.7 Å². The summed E-state index contributed by atoms with van der Waals surface area (Å²) in [7, 11) is -2.28. The molecule has 0 bridgehead atoms. The van der Waals surface area contributed by atoms with E-state index >= 15 is 0 Å². The quantitative estimate of drug-likeness (QED) is 0.393. The number of likely N-dealkylation sites (N-methyl/N-ethyl adjacent to an activating group) is 1. The lowest BCUT2D eigenvalue weighted by atomic mass is 10.2. The number of imidazole rings is 1. The highest BCUT2D eigenvalue weighted by Gasteiger charge is 2.27. The van der Waals surface area contributed by atoms with E-state index in [-0.39, 0.29) is 48.4 Å². The fourth-order valence-corrected chi connectivity index (χ4v) is 5.30. The van der Waals surface area contributed by atoms with E-state index in [1.165, 1.54) is 16.5 Å². The van der Waals surface area contributed by atoms with Crippen LogP contribution in [0.15, 0.2) is 35.1 Å². The van der Waals surface area contributed by atoms with Crippen molar-refractivity contribution in [3.05, 3.63) is 46.4 Å². The molecule has 0 saturated carbocycles. The SMILES string of the molecule is CCCS(=O)(=O)Nc1nc(N)c2c(n1)n(Cc1ccccc1)c(=O)n2C(=O)N(C)CCOC(=O)N1CCCC1. The van der Waals surface area contributed by atoms with E-state index in [1.54, 1.807) is 36.1 Å². The highest BCUT2D eigenvalue weighted by Crippen LogP contribution is 2.21. The second-order valence-electron chi connectivity index (χ2n) is 9.23. The maximum atomic E-state index is 13.6. The second kappa shape index (κ2) is 11.7. The Bertz CT molecular complexity index is 1510. The van der Waals surface area contributed by atoms with Crippen LogP contribution in [-0.4, -0.2) is 88.5 Å². The highest BCUT2D eigenvalue weighted by molar-refractivity contribution is 7.92. The summed E-state index contributed by atoms with van der Waals surface area (Å²) in [6.07, 6.45) is 1.78. The number of ether oxygens (including phenoxy) is 1. The molecule has 0 aliphatic carbocycles. The van der Waals surface area contributed by atoms with Crippen LogP contribution in [-0.2, 0) is 21.3 Å². The Morgan fingerprint density at radius 1 is 1.15 bits per heavy atom. The number of hydrogen-bond donors (Lipinski definition) is 2. The molecular weight excluding hydrogens is 528 g/mol. The molecule has 1 aliphatic heterocycles. The number of nitrogens with zero attached hydrogens (tertiary/aromatic N) is 6. The van der Waals surface area contributed by atoms with Crippen molar-refractivity contribution in [1.29, 1.82) is 0 Å². The van der Waals surface area contributed by atoms with Gasteiger partial charge in [-0.15, -0.1) is 0 Å². The molecule has 15 heteroatoms. The summed E-state index contributed by atoms with van der Waals surface area (Å²) in [5, 5.41) is 0. The van der Waals surface area contributed by atoms with Crippen molar-refractivity contribution < 1.29 is 22.7 Å². The molecule has 2 amide bonds. The Hall–Kier alpha value is -4.14. The molecule has 0 radical (unpaired) electrons. The number of likely N-dealkylation sites (tertiary alicyclic amines) is 1. The zero-order chi connectivity index (χ0) is 28.2. The van der Waals surface area contributed by atoms with Crippen LogP contribution in [0.2, 0.25) is 0 Å². The van der Waals surface area contributed by atoms with Crippen LogP contribution in [0, 0.1) is 0 Å². The Morgan fingerprint density at radius 3 is 2.51 bits per heavy atom. The first-order chi connectivity index (χ1) is 18.6. The molecule has 2 aromatic heterocycles. The van der Waals surface area contributed by atoms with E-state index in [4.69, 9.17) is 10.5 Å². The zero-order valence-corrected chi connectivity index (χ0v) is 22.7. The first-order valence-corrected chi connectivity index (χ1v) is 14.3. The fourth-order valence-electron chi connectivity index (χ4n) is 4.29. The first kappa shape index (κ1) is 27.9. The first-order valence-electron chi connectivity index (χ1n) is 12.6. The standard InChI is InChI=1S/C24H32N8O6S/c1-3-15-39(36,37)28-21-26-19(25)18-20(27-21)31(16-17-9-5-4-6-10-17)23(34)32(18)22(33)29(2)13-14-38-24(35)30-11-7-8-12-30/h4-6,9-10H,3,7-8,11-16H2,1-2H3,(H3,25,26,27,28). The molecule has 0 atom stereocenters. The van der Waals surface area contributed by atoms with Gasteiger partial charge in [0.1, 0.15) is 12.1 Å². The van der Waals surface area contributed by atoms with Crippen molar-refractivity contribution in [2.75, 3.05) is 49.5 Å². The second-order valence-corrected chi connectivity index (χ2v) is 11.1. The smallest absolute Gasteiger partial charge is 0.409 e. The molecule has 210 valence electrons. The predicted octanol–water partition coefficient (Wildman–Crippen LogP) is 1.51. The third-order valence-electron chi connectivity index (χ3n) is 6.23. The van der Waals surface area contributed by atoms with Gasteiger partial charge in [-0.1, -0.05) is 37.3 Å². The van der Waals surface area contributed by atoms with Crippen LogP contribution in [0.25, 0.3) is 11.2 Å². The molecule has 0 unspecified atom stereocenters. The van der Waals surface area contributed by atoms with E-state index in [0.29, 0.717) is 19.5 Å². The van der Waals surface area contributed by atoms with Gasteiger partial charge in [0.2, 0.25) is 16.0 Å². The van der Waals surface area contributed by atoms with Crippen LogP contribution in [0.1, 0.15) is 31.7 Å². The van der Waals surface area contributed by atoms with Gasteiger partial charge in [0.25, 0.3) is 0 Å². The lowest BCUT2D eigenvalue weighted by Crippen LogP contribution is -2.40. The molecule has 39 heavy (non-hydrogen) atoms. The number of nitrogens with two attached hydrogens (primary N) is 1. The maximum absolute atomic E-state index is 13.6. The number of sulfonamides is 1. The Morgan fingerprint density at radius 2 is 1.85 bits per heavy atom. The zero-order valence-electron chi connectivity index (χ0n) is 21.9. The van der Waals surface area contributed by atoms with Crippen molar-refractivity contribution in [3.63, 3.8) is 0 Å². The number of rotatable bonds is 9. The molecule has 3 N–H and O–H groups in total. The van der Waals surface area contributed by atoms with Gasteiger partial charge in [0, 0.05) is 20.1 Å². The van der Waals surface area contributed by atoms with Crippen molar-refractivity contribution in [2.24, 2.45) is 0 Å². The number of benzene rings is 1. The number of carbonyl (C=O) groups excluding carboxylic acids is 2. The third-order valence-corrected chi connectivity index (χ3v) is 7.67. The van der Waals surface area contributed by atoms with E-state index < -0.39 is 27.8 Å². The summed E-state index contributed by atoms with van der Waals surface area (Å²) in [6, 6.07) is 8.29. The van der Waals surface area contributed by atoms with Gasteiger partial charge in [0.15, 0.2) is 11.5 Å². The van der Waals surface area contributed by atoms with Crippen LogP contribution < -0.4 is 16.1 Å². The Labute approximate surface area is 225 Å². The minimum absolute atomic E-state index is 0.00670. The maximum Gasteiger partial charge on any atom is 0.409 e. The average Bonchev–Trinajstić information content (AvgIpc) is 3.52. The molecule has 3 heterocycles. The van der Waals surface area contributed by atoms with Gasteiger partial charge >= 0.3 is 17.8 Å². The average molecular weight is 561 g/mol. The van der Waals surface area contributed by atoms with Crippen molar-refractivity contribution in [3.8, 4) is 0 Å². The fraction of sp³-hybridized carbons (Fsp3) is 0.458. The number of anilines is 2.